The quantitative estimate of drug-likeness (QED) is 0.762. The SMILES string of the molecule is CNc1ccccc1C(=O)NC1CCC(N)CC1. The lowest BCUT2D eigenvalue weighted by Crippen LogP contribution is -2.40. The number of benzene rings is 1. The van der Waals surface area contributed by atoms with Crippen LogP contribution in [0.5, 0.6) is 0 Å². The minimum atomic E-state index is 0.000390. The number of nitrogens with one attached hydrogen (secondary N) is 2. The van der Waals surface area contributed by atoms with Crippen molar-refractivity contribution in [2.75, 3.05) is 12.4 Å². The average Bonchev–Trinajstić information content (AvgIpc) is 2.41. The lowest BCUT2D eigenvalue weighted by molar-refractivity contribution is 0.0926. The standard InChI is InChI=1S/C14H21N3O/c1-16-13-5-3-2-4-12(13)14(18)17-11-8-6-10(15)7-9-11/h2-5,10-11,16H,6-9,15H2,1H3,(H,17,18). The molecule has 0 atom stereocenters. The van der Waals surface area contributed by atoms with Gasteiger partial charge in [0, 0.05) is 24.8 Å². The molecule has 1 aliphatic rings. The molecule has 4 heteroatoms. The van der Waals surface area contributed by atoms with E-state index >= 15 is 0 Å². The zero-order chi connectivity index (χ0) is 13.0. The van der Waals surface area contributed by atoms with Gasteiger partial charge in [-0.3, -0.25) is 4.79 Å². The van der Waals surface area contributed by atoms with Crippen molar-refractivity contribution in [2.24, 2.45) is 5.73 Å². The van der Waals surface area contributed by atoms with Crippen molar-refractivity contribution in [1.29, 1.82) is 0 Å². The number of carbonyl (C=O) groups is 1. The van der Waals surface area contributed by atoms with Gasteiger partial charge in [0.05, 0.1) is 5.56 Å². The van der Waals surface area contributed by atoms with Crippen LogP contribution in [-0.4, -0.2) is 25.0 Å². The molecule has 1 fully saturated rings. The maximum atomic E-state index is 12.2. The monoisotopic (exact) mass is 247 g/mol. The van der Waals surface area contributed by atoms with E-state index in [2.05, 4.69) is 10.6 Å². The second-order valence-corrected chi connectivity index (χ2v) is 4.88. The maximum Gasteiger partial charge on any atom is 0.253 e. The van der Waals surface area contributed by atoms with Gasteiger partial charge in [0.1, 0.15) is 0 Å². The summed E-state index contributed by atoms with van der Waals surface area (Å²) >= 11 is 0. The van der Waals surface area contributed by atoms with E-state index in [1.807, 2.05) is 31.3 Å². The van der Waals surface area contributed by atoms with Crippen LogP contribution in [0, 0.1) is 0 Å². The molecule has 1 amide bonds. The van der Waals surface area contributed by atoms with Crippen LogP contribution in [0.15, 0.2) is 24.3 Å². The predicted octanol–water partition coefficient (Wildman–Crippen LogP) is 1.73. The highest BCUT2D eigenvalue weighted by atomic mass is 16.1. The fourth-order valence-electron chi connectivity index (χ4n) is 2.43. The lowest BCUT2D eigenvalue weighted by Gasteiger charge is -2.27. The fraction of sp³-hybridized carbons (Fsp3) is 0.500. The number of hydrogen-bond donors (Lipinski definition) is 3. The van der Waals surface area contributed by atoms with Crippen LogP contribution in [0.3, 0.4) is 0 Å². The van der Waals surface area contributed by atoms with E-state index in [9.17, 15) is 4.79 Å². The van der Waals surface area contributed by atoms with Gasteiger partial charge in [0.25, 0.3) is 5.91 Å². The molecule has 1 aromatic carbocycles. The Hall–Kier alpha value is -1.55. The van der Waals surface area contributed by atoms with Crippen LogP contribution < -0.4 is 16.4 Å². The first-order chi connectivity index (χ1) is 8.70. The molecule has 0 radical (unpaired) electrons. The van der Waals surface area contributed by atoms with Crippen LogP contribution in [0.25, 0.3) is 0 Å². The summed E-state index contributed by atoms with van der Waals surface area (Å²) in [5.41, 5.74) is 7.43. The van der Waals surface area contributed by atoms with Crippen molar-refractivity contribution in [1.82, 2.24) is 5.32 Å². The van der Waals surface area contributed by atoms with E-state index < -0.39 is 0 Å². The van der Waals surface area contributed by atoms with E-state index in [1.54, 1.807) is 0 Å². The van der Waals surface area contributed by atoms with Crippen LogP contribution in [-0.2, 0) is 0 Å². The van der Waals surface area contributed by atoms with Gasteiger partial charge >= 0.3 is 0 Å². The Labute approximate surface area is 108 Å². The molecule has 4 nitrogen and oxygen atoms in total. The summed E-state index contributed by atoms with van der Waals surface area (Å²) in [6, 6.07) is 8.13. The Bertz CT molecular complexity index is 411. The number of rotatable bonds is 3. The molecule has 0 aromatic heterocycles. The molecule has 0 unspecified atom stereocenters. The fourth-order valence-corrected chi connectivity index (χ4v) is 2.43. The second kappa shape index (κ2) is 5.87. The molecule has 0 aliphatic heterocycles. The molecule has 0 heterocycles. The highest BCUT2D eigenvalue weighted by molar-refractivity contribution is 5.99. The first-order valence-electron chi connectivity index (χ1n) is 6.54. The molecular formula is C14H21N3O. The highest BCUT2D eigenvalue weighted by Gasteiger charge is 2.21. The summed E-state index contributed by atoms with van der Waals surface area (Å²) in [4.78, 5) is 12.2. The molecule has 18 heavy (non-hydrogen) atoms. The number of nitrogens with two attached hydrogens (primary N) is 1. The zero-order valence-corrected chi connectivity index (χ0v) is 10.8. The van der Waals surface area contributed by atoms with Gasteiger partial charge in [-0.1, -0.05) is 12.1 Å². The third-order valence-corrected chi connectivity index (χ3v) is 3.55. The Balaban J connectivity index is 1.99. The van der Waals surface area contributed by atoms with Crippen molar-refractivity contribution in [2.45, 2.75) is 37.8 Å². The van der Waals surface area contributed by atoms with Crippen LogP contribution >= 0.6 is 0 Å². The summed E-state index contributed by atoms with van der Waals surface area (Å²) in [6.07, 6.45) is 3.96. The van der Waals surface area contributed by atoms with E-state index in [4.69, 9.17) is 5.73 Å². The molecule has 98 valence electrons. The van der Waals surface area contributed by atoms with Crippen molar-refractivity contribution >= 4 is 11.6 Å². The minimum Gasteiger partial charge on any atom is -0.387 e. The normalized spacial score (nSPS) is 23.4. The van der Waals surface area contributed by atoms with Gasteiger partial charge in [-0.15, -0.1) is 0 Å². The Morgan fingerprint density at radius 2 is 1.89 bits per heavy atom. The van der Waals surface area contributed by atoms with Gasteiger partial charge in [0.2, 0.25) is 0 Å². The van der Waals surface area contributed by atoms with E-state index in [1.165, 1.54) is 0 Å². The number of anilines is 1. The highest BCUT2D eigenvalue weighted by Crippen LogP contribution is 2.19. The van der Waals surface area contributed by atoms with Crippen molar-refractivity contribution in [3.8, 4) is 0 Å². The van der Waals surface area contributed by atoms with E-state index in [0.29, 0.717) is 11.6 Å². The van der Waals surface area contributed by atoms with Gasteiger partial charge in [-0.05, 0) is 37.8 Å². The number of carbonyl (C=O) groups excluding carboxylic acids is 1. The molecule has 4 N–H and O–H groups in total. The van der Waals surface area contributed by atoms with E-state index in [0.717, 1.165) is 31.4 Å². The molecule has 0 saturated heterocycles. The van der Waals surface area contributed by atoms with E-state index in [-0.39, 0.29) is 11.9 Å². The number of amides is 1. The van der Waals surface area contributed by atoms with Gasteiger partial charge in [-0.2, -0.15) is 0 Å². The molecule has 1 aromatic rings. The number of hydrogen-bond acceptors (Lipinski definition) is 3. The van der Waals surface area contributed by atoms with Crippen molar-refractivity contribution in [3.05, 3.63) is 29.8 Å². The van der Waals surface area contributed by atoms with Gasteiger partial charge < -0.3 is 16.4 Å². The molecule has 1 saturated carbocycles. The van der Waals surface area contributed by atoms with Crippen LogP contribution in [0.1, 0.15) is 36.0 Å². The topological polar surface area (TPSA) is 67.2 Å². The predicted molar refractivity (Wildman–Crippen MR) is 73.7 cm³/mol. The number of para-hydroxylation sites is 1. The van der Waals surface area contributed by atoms with Gasteiger partial charge in [0.15, 0.2) is 0 Å². The summed E-state index contributed by atoms with van der Waals surface area (Å²) in [6.45, 7) is 0. The first-order valence-corrected chi connectivity index (χ1v) is 6.54. The average molecular weight is 247 g/mol. The molecule has 2 rings (SSSR count). The Morgan fingerprint density at radius 1 is 1.22 bits per heavy atom. The van der Waals surface area contributed by atoms with Crippen molar-refractivity contribution < 1.29 is 4.79 Å². The largest absolute Gasteiger partial charge is 0.387 e. The summed E-state index contributed by atoms with van der Waals surface area (Å²) in [5.74, 6) is 0.000390. The zero-order valence-electron chi connectivity index (χ0n) is 10.8. The maximum absolute atomic E-state index is 12.2. The lowest BCUT2D eigenvalue weighted by atomic mass is 9.91. The summed E-state index contributed by atoms with van der Waals surface area (Å²) < 4.78 is 0. The van der Waals surface area contributed by atoms with Gasteiger partial charge in [-0.25, -0.2) is 0 Å². The summed E-state index contributed by atoms with van der Waals surface area (Å²) in [7, 11) is 1.83. The summed E-state index contributed by atoms with van der Waals surface area (Å²) in [5, 5.41) is 6.14. The third kappa shape index (κ3) is 3.01. The first kappa shape index (κ1) is 12.9. The minimum absolute atomic E-state index is 0.000390. The molecule has 1 aliphatic carbocycles. The molecule has 0 bridgehead atoms. The Morgan fingerprint density at radius 3 is 2.56 bits per heavy atom. The molecular weight excluding hydrogens is 226 g/mol. The smallest absolute Gasteiger partial charge is 0.253 e. The third-order valence-electron chi connectivity index (χ3n) is 3.55. The van der Waals surface area contributed by atoms with Crippen molar-refractivity contribution in [3.63, 3.8) is 0 Å². The molecule has 0 spiro atoms. The Kier molecular flexibility index (Phi) is 4.20. The van der Waals surface area contributed by atoms with Crippen LogP contribution in [0.4, 0.5) is 5.69 Å². The second-order valence-electron chi connectivity index (χ2n) is 4.88. The van der Waals surface area contributed by atoms with Crippen LogP contribution in [0.2, 0.25) is 0 Å².